The zero-order valence-electron chi connectivity index (χ0n) is 19.0. The summed E-state index contributed by atoms with van der Waals surface area (Å²) in [4.78, 5) is 26.0. The molecule has 2 aromatic carbocycles. The largest absolute Gasteiger partial charge is 0.343 e. The van der Waals surface area contributed by atoms with Gasteiger partial charge in [0.25, 0.3) is 5.91 Å². The summed E-state index contributed by atoms with van der Waals surface area (Å²) in [6.07, 6.45) is 1.54. The van der Waals surface area contributed by atoms with Crippen LogP contribution >= 0.6 is 0 Å². The van der Waals surface area contributed by atoms with Crippen LogP contribution in [-0.2, 0) is 14.8 Å². The van der Waals surface area contributed by atoms with E-state index < -0.39 is 10.0 Å². The van der Waals surface area contributed by atoms with Crippen LogP contribution < -0.4 is 10.0 Å². The van der Waals surface area contributed by atoms with Crippen LogP contribution in [0.25, 0.3) is 0 Å². The normalized spacial score (nSPS) is 15.9. The molecule has 172 valence electrons. The Bertz CT molecular complexity index is 1110. The number of sulfonamides is 1. The summed E-state index contributed by atoms with van der Waals surface area (Å²) < 4.78 is 28.7. The van der Waals surface area contributed by atoms with E-state index in [0.717, 1.165) is 18.4 Å². The maximum atomic E-state index is 12.9. The van der Waals surface area contributed by atoms with Crippen LogP contribution in [0.3, 0.4) is 0 Å². The van der Waals surface area contributed by atoms with Crippen molar-refractivity contribution < 1.29 is 18.0 Å². The molecule has 1 fully saturated rings. The van der Waals surface area contributed by atoms with Gasteiger partial charge in [-0.25, -0.2) is 13.1 Å². The van der Waals surface area contributed by atoms with Crippen molar-refractivity contribution in [3.8, 4) is 0 Å². The van der Waals surface area contributed by atoms with E-state index in [1.807, 2.05) is 26.0 Å². The molecule has 0 saturated carbocycles. The first-order valence-corrected chi connectivity index (χ1v) is 12.3. The first-order chi connectivity index (χ1) is 15.1. The van der Waals surface area contributed by atoms with Gasteiger partial charge in [0.2, 0.25) is 15.9 Å². The van der Waals surface area contributed by atoms with Gasteiger partial charge in [0.15, 0.2) is 0 Å². The van der Waals surface area contributed by atoms with Gasteiger partial charge in [-0.15, -0.1) is 0 Å². The predicted molar refractivity (Wildman–Crippen MR) is 125 cm³/mol. The fourth-order valence-electron chi connectivity index (χ4n) is 4.08. The highest BCUT2D eigenvalue weighted by Gasteiger charge is 2.28. The molecule has 1 aliphatic heterocycles. The average Bonchev–Trinajstić information content (AvgIpc) is 2.75. The van der Waals surface area contributed by atoms with Crippen molar-refractivity contribution in [2.45, 2.75) is 51.5 Å². The molecule has 2 aromatic rings. The minimum absolute atomic E-state index is 0.0572. The minimum atomic E-state index is -3.71. The van der Waals surface area contributed by atoms with Gasteiger partial charge < -0.3 is 10.2 Å². The van der Waals surface area contributed by atoms with Gasteiger partial charge >= 0.3 is 0 Å². The van der Waals surface area contributed by atoms with Crippen LogP contribution in [0.2, 0.25) is 0 Å². The summed E-state index contributed by atoms with van der Waals surface area (Å²) >= 11 is 0. The molecule has 1 atom stereocenters. The monoisotopic (exact) mass is 457 g/mol. The quantitative estimate of drug-likeness (QED) is 0.694. The number of likely N-dealkylation sites (tertiary alicyclic amines) is 1. The highest BCUT2D eigenvalue weighted by atomic mass is 32.2. The molecular formula is C24H31N3O4S. The molecule has 1 saturated heterocycles. The molecule has 3 rings (SSSR count). The molecule has 7 nitrogen and oxygen atoms in total. The number of carbonyl (C=O) groups is 2. The second kappa shape index (κ2) is 9.83. The van der Waals surface area contributed by atoms with E-state index in [9.17, 15) is 18.0 Å². The Labute approximate surface area is 190 Å². The van der Waals surface area contributed by atoms with Gasteiger partial charge in [-0.3, -0.25) is 9.59 Å². The number of piperidine rings is 1. The van der Waals surface area contributed by atoms with E-state index in [1.165, 1.54) is 6.07 Å². The van der Waals surface area contributed by atoms with Crippen molar-refractivity contribution in [3.63, 3.8) is 0 Å². The second-order valence-corrected chi connectivity index (χ2v) is 10.2. The maximum Gasteiger partial charge on any atom is 0.255 e. The van der Waals surface area contributed by atoms with Crippen molar-refractivity contribution in [3.05, 3.63) is 59.2 Å². The van der Waals surface area contributed by atoms with Gasteiger partial charge in [-0.05, 0) is 74.9 Å². The number of carbonyl (C=O) groups excluding carboxylic acids is 2. The molecule has 0 bridgehead atoms. The molecular weight excluding hydrogens is 426 g/mol. The summed E-state index contributed by atoms with van der Waals surface area (Å²) in [5.74, 6) is 0.00127. The molecule has 1 aliphatic rings. The fraction of sp³-hybridized carbons (Fsp3) is 0.417. The predicted octanol–water partition coefficient (Wildman–Crippen LogP) is 3.48. The van der Waals surface area contributed by atoms with Gasteiger partial charge in [0.1, 0.15) is 0 Å². The van der Waals surface area contributed by atoms with E-state index >= 15 is 0 Å². The van der Waals surface area contributed by atoms with Crippen molar-refractivity contribution in [2.75, 3.05) is 18.4 Å². The number of anilines is 1. The van der Waals surface area contributed by atoms with Crippen LogP contribution in [0.1, 0.15) is 48.2 Å². The number of amides is 2. The van der Waals surface area contributed by atoms with E-state index in [4.69, 9.17) is 0 Å². The molecule has 2 amide bonds. The second-order valence-electron chi connectivity index (χ2n) is 8.50. The fourth-order valence-corrected chi connectivity index (χ4v) is 5.48. The summed E-state index contributed by atoms with van der Waals surface area (Å²) in [6, 6.07) is 11.8. The van der Waals surface area contributed by atoms with E-state index in [-0.39, 0.29) is 28.7 Å². The third-order valence-corrected chi connectivity index (χ3v) is 7.74. The van der Waals surface area contributed by atoms with E-state index in [1.54, 1.807) is 43.0 Å². The van der Waals surface area contributed by atoms with Crippen molar-refractivity contribution in [1.82, 2.24) is 9.62 Å². The molecule has 32 heavy (non-hydrogen) atoms. The summed E-state index contributed by atoms with van der Waals surface area (Å²) in [5, 5.41) is 2.87. The Morgan fingerprint density at radius 1 is 1.03 bits per heavy atom. The third-order valence-electron chi connectivity index (χ3n) is 6.18. The Morgan fingerprint density at radius 2 is 1.69 bits per heavy atom. The zero-order valence-corrected chi connectivity index (χ0v) is 19.8. The van der Waals surface area contributed by atoms with Crippen molar-refractivity contribution in [2.24, 2.45) is 5.92 Å². The van der Waals surface area contributed by atoms with Gasteiger partial charge in [0.05, 0.1) is 4.90 Å². The number of nitrogens with one attached hydrogen (secondary N) is 2. The molecule has 1 unspecified atom stereocenters. The van der Waals surface area contributed by atoms with Gasteiger partial charge in [0, 0.05) is 37.3 Å². The van der Waals surface area contributed by atoms with Crippen molar-refractivity contribution in [1.29, 1.82) is 0 Å². The standard InChI is InChI=1S/C24H31N3O4S/c1-16-7-5-6-8-22(16)24(29)25-23-10-9-21(15-17(23)2)32(30,31)26-18(3)20-11-13-27(14-12-20)19(4)28/h5-10,15,18,20,26H,11-14H2,1-4H3,(H,25,29). The van der Waals surface area contributed by atoms with Crippen LogP contribution in [0, 0.1) is 19.8 Å². The first kappa shape index (κ1) is 23.9. The van der Waals surface area contributed by atoms with Crippen LogP contribution in [0.15, 0.2) is 47.4 Å². The Balaban J connectivity index is 1.67. The van der Waals surface area contributed by atoms with Gasteiger partial charge in [-0.2, -0.15) is 0 Å². The SMILES string of the molecule is CC(=O)N1CCC(C(C)NS(=O)(=O)c2ccc(NC(=O)c3ccccc3C)c(C)c2)CC1. The number of aryl methyl sites for hydroxylation is 2. The topological polar surface area (TPSA) is 95.6 Å². The number of hydrogen-bond acceptors (Lipinski definition) is 4. The average molecular weight is 458 g/mol. The van der Waals surface area contributed by atoms with Crippen LogP contribution in [0.4, 0.5) is 5.69 Å². The third kappa shape index (κ3) is 5.55. The number of nitrogens with zero attached hydrogens (tertiary/aromatic N) is 1. The highest BCUT2D eigenvalue weighted by Crippen LogP contribution is 2.24. The summed E-state index contributed by atoms with van der Waals surface area (Å²) in [7, 11) is -3.71. The number of rotatable bonds is 6. The molecule has 8 heteroatoms. The molecule has 0 aliphatic carbocycles. The Hall–Kier alpha value is -2.71. The summed E-state index contributed by atoms with van der Waals surface area (Å²) in [5.41, 5.74) is 2.68. The lowest BCUT2D eigenvalue weighted by Crippen LogP contribution is -2.45. The number of benzene rings is 2. The molecule has 0 spiro atoms. The van der Waals surface area contributed by atoms with E-state index in [2.05, 4.69) is 10.0 Å². The lowest BCUT2D eigenvalue weighted by atomic mass is 9.91. The molecule has 2 N–H and O–H groups in total. The lowest BCUT2D eigenvalue weighted by Gasteiger charge is -2.34. The minimum Gasteiger partial charge on any atom is -0.343 e. The van der Waals surface area contributed by atoms with Gasteiger partial charge in [-0.1, -0.05) is 18.2 Å². The zero-order chi connectivity index (χ0) is 23.5. The molecule has 0 radical (unpaired) electrons. The maximum absolute atomic E-state index is 12.9. The molecule has 0 aromatic heterocycles. The van der Waals surface area contributed by atoms with Crippen molar-refractivity contribution >= 4 is 27.5 Å². The Morgan fingerprint density at radius 3 is 2.28 bits per heavy atom. The van der Waals surface area contributed by atoms with Crippen LogP contribution in [0.5, 0.6) is 0 Å². The molecule has 1 heterocycles. The van der Waals surface area contributed by atoms with E-state index in [0.29, 0.717) is 29.9 Å². The van der Waals surface area contributed by atoms with Crippen LogP contribution in [-0.4, -0.2) is 44.3 Å². The smallest absolute Gasteiger partial charge is 0.255 e. The lowest BCUT2D eigenvalue weighted by molar-refractivity contribution is -0.130. The Kier molecular flexibility index (Phi) is 7.36. The first-order valence-electron chi connectivity index (χ1n) is 10.8. The highest BCUT2D eigenvalue weighted by molar-refractivity contribution is 7.89. The number of hydrogen-bond donors (Lipinski definition) is 2. The summed E-state index contributed by atoms with van der Waals surface area (Å²) in [6.45, 7) is 8.37.